The number of carbonyl (C=O) groups is 2. The summed E-state index contributed by atoms with van der Waals surface area (Å²) in [5.74, 6) is -0.344. The zero-order chi connectivity index (χ0) is 14.8. The van der Waals surface area contributed by atoms with Crippen LogP contribution in [0.15, 0.2) is 53.3 Å². The standard InChI is InChI=1S/C16H13BrN2O2/c17-14-6-12(8-18-9-14)16(21)19-10-13(7-15(19)20)11-4-2-1-3-5-11/h1-6,8-9,13H,7,10H2/t13-/m0/s1. The van der Waals surface area contributed by atoms with Crippen molar-refractivity contribution in [2.45, 2.75) is 12.3 Å². The Bertz CT molecular complexity index is 688. The van der Waals surface area contributed by atoms with Crippen molar-refractivity contribution in [3.05, 3.63) is 64.4 Å². The molecule has 1 aromatic carbocycles. The normalized spacial score (nSPS) is 18.0. The van der Waals surface area contributed by atoms with Gasteiger partial charge in [0.15, 0.2) is 0 Å². The van der Waals surface area contributed by atoms with Gasteiger partial charge in [0.1, 0.15) is 0 Å². The summed E-state index contributed by atoms with van der Waals surface area (Å²) < 4.78 is 0.722. The molecule has 3 rings (SSSR count). The summed E-state index contributed by atoms with van der Waals surface area (Å²) in [6, 6.07) is 11.5. The fourth-order valence-electron chi connectivity index (χ4n) is 2.54. The highest BCUT2D eigenvalue weighted by Gasteiger charge is 2.35. The molecule has 0 saturated carbocycles. The molecule has 0 spiro atoms. The largest absolute Gasteiger partial charge is 0.278 e. The fourth-order valence-corrected chi connectivity index (χ4v) is 2.90. The van der Waals surface area contributed by atoms with Crippen LogP contribution < -0.4 is 0 Å². The third-order valence-corrected chi connectivity index (χ3v) is 4.03. The first-order valence-corrected chi connectivity index (χ1v) is 7.44. The Morgan fingerprint density at radius 3 is 2.71 bits per heavy atom. The van der Waals surface area contributed by atoms with E-state index < -0.39 is 0 Å². The number of imide groups is 1. The van der Waals surface area contributed by atoms with Gasteiger partial charge in [0.2, 0.25) is 5.91 Å². The van der Waals surface area contributed by atoms with Crippen LogP contribution >= 0.6 is 15.9 Å². The fraction of sp³-hybridized carbons (Fsp3) is 0.188. The minimum Gasteiger partial charge on any atom is -0.278 e. The Balaban J connectivity index is 1.81. The van der Waals surface area contributed by atoms with Crippen molar-refractivity contribution >= 4 is 27.7 Å². The first-order valence-electron chi connectivity index (χ1n) is 6.65. The first kappa shape index (κ1) is 13.9. The summed E-state index contributed by atoms with van der Waals surface area (Å²) in [4.78, 5) is 29.9. The molecular weight excluding hydrogens is 332 g/mol. The van der Waals surface area contributed by atoms with E-state index in [1.54, 1.807) is 12.3 Å². The first-order chi connectivity index (χ1) is 10.1. The maximum atomic E-state index is 12.4. The van der Waals surface area contributed by atoms with Gasteiger partial charge in [-0.1, -0.05) is 30.3 Å². The number of pyridine rings is 1. The van der Waals surface area contributed by atoms with Gasteiger partial charge in [0, 0.05) is 35.7 Å². The van der Waals surface area contributed by atoms with Crippen molar-refractivity contribution in [1.82, 2.24) is 9.88 Å². The molecule has 1 aromatic heterocycles. The van der Waals surface area contributed by atoms with Gasteiger partial charge in [-0.25, -0.2) is 0 Å². The summed E-state index contributed by atoms with van der Waals surface area (Å²) in [5, 5.41) is 0. The van der Waals surface area contributed by atoms with Crippen LogP contribution in [0.4, 0.5) is 0 Å². The number of aromatic nitrogens is 1. The maximum absolute atomic E-state index is 12.4. The van der Waals surface area contributed by atoms with Crippen LogP contribution in [0.5, 0.6) is 0 Å². The van der Waals surface area contributed by atoms with Gasteiger partial charge in [-0.05, 0) is 27.6 Å². The highest BCUT2D eigenvalue weighted by Crippen LogP contribution is 2.29. The van der Waals surface area contributed by atoms with Crippen LogP contribution in [0.2, 0.25) is 0 Å². The molecule has 0 unspecified atom stereocenters. The van der Waals surface area contributed by atoms with Crippen LogP contribution in [-0.4, -0.2) is 28.2 Å². The van der Waals surface area contributed by atoms with E-state index in [-0.39, 0.29) is 17.7 Å². The summed E-state index contributed by atoms with van der Waals surface area (Å²) in [6.45, 7) is 0.425. The molecule has 1 fully saturated rings. The second-order valence-corrected chi connectivity index (χ2v) is 5.93. The third-order valence-electron chi connectivity index (χ3n) is 3.59. The number of benzene rings is 1. The molecule has 0 aliphatic carbocycles. The average molecular weight is 345 g/mol. The van der Waals surface area contributed by atoms with Gasteiger partial charge < -0.3 is 0 Å². The number of hydrogen-bond acceptors (Lipinski definition) is 3. The zero-order valence-electron chi connectivity index (χ0n) is 11.2. The van der Waals surface area contributed by atoms with Gasteiger partial charge in [-0.3, -0.25) is 19.5 Å². The molecule has 0 radical (unpaired) electrons. The van der Waals surface area contributed by atoms with Crippen LogP contribution in [0, 0.1) is 0 Å². The van der Waals surface area contributed by atoms with E-state index in [1.807, 2.05) is 30.3 Å². The van der Waals surface area contributed by atoms with E-state index in [1.165, 1.54) is 11.1 Å². The number of likely N-dealkylation sites (tertiary alicyclic amines) is 1. The monoisotopic (exact) mass is 344 g/mol. The van der Waals surface area contributed by atoms with Gasteiger partial charge >= 0.3 is 0 Å². The van der Waals surface area contributed by atoms with Crippen LogP contribution in [-0.2, 0) is 4.79 Å². The SMILES string of the molecule is O=C1C[C@H](c2ccccc2)CN1C(=O)c1cncc(Br)c1. The molecule has 0 bridgehead atoms. The number of nitrogens with zero attached hydrogens (tertiary/aromatic N) is 2. The summed E-state index contributed by atoms with van der Waals surface area (Å²) in [6.07, 6.45) is 3.46. The van der Waals surface area contributed by atoms with E-state index in [2.05, 4.69) is 20.9 Å². The minimum absolute atomic E-state index is 0.0720. The molecule has 2 aromatic rings. The van der Waals surface area contributed by atoms with Gasteiger partial charge in [0.05, 0.1) is 5.56 Å². The quantitative estimate of drug-likeness (QED) is 0.787. The number of rotatable bonds is 2. The Hall–Kier alpha value is -2.01. The van der Waals surface area contributed by atoms with Crippen LogP contribution in [0.3, 0.4) is 0 Å². The van der Waals surface area contributed by atoms with Crippen molar-refractivity contribution in [2.24, 2.45) is 0 Å². The highest BCUT2D eigenvalue weighted by molar-refractivity contribution is 9.10. The number of carbonyl (C=O) groups excluding carboxylic acids is 2. The summed E-state index contributed by atoms with van der Waals surface area (Å²) >= 11 is 3.28. The predicted octanol–water partition coefficient (Wildman–Crippen LogP) is 3.00. The second kappa shape index (κ2) is 5.77. The van der Waals surface area contributed by atoms with Crippen molar-refractivity contribution in [1.29, 1.82) is 0 Å². The van der Waals surface area contributed by atoms with Gasteiger partial charge in [-0.15, -0.1) is 0 Å². The molecule has 0 N–H and O–H groups in total. The number of amides is 2. The maximum Gasteiger partial charge on any atom is 0.262 e. The molecule has 2 amide bonds. The molecule has 2 heterocycles. The zero-order valence-corrected chi connectivity index (χ0v) is 12.8. The summed E-state index contributed by atoms with van der Waals surface area (Å²) in [5.41, 5.74) is 1.51. The number of hydrogen-bond donors (Lipinski definition) is 0. The minimum atomic E-state index is -0.285. The molecule has 1 aliphatic heterocycles. The van der Waals surface area contributed by atoms with Crippen LogP contribution in [0.25, 0.3) is 0 Å². The van der Waals surface area contributed by atoms with Crippen molar-refractivity contribution < 1.29 is 9.59 Å². The van der Waals surface area contributed by atoms with Crippen molar-refractivity contribution in [3.63, 3.8) is 0 Å². The number of halogens is 1. The lowest BCUT2D eigenvalue weighted by Gasteiger charge is -2.15. The van der Waals surface area contributed by atoms with E-state index in [4.69, 9.17) is 0 Å². The van der Waals surface area contributed by atoms with E-state index in [0.29, 0.717) is 18.5 Å². The topological polar surface area (TPSA) is 50.3 Å². The average Bonchev–Trinajstić information content (AvgIpc) is 2.89. The Morgan fingerprint density at radius 2 is 2.00 bits per heavy atom. The molecule has 1 atom stereocenters. The van der Waals surface area contributed by atoms with Crippen molar-refractivity contribution in [3.8, 4) is 0 Å². The third kappa shape index (κ3) is 2.88. The molecular formula is C16H13BrN2O2. The van der Waals surface area contributed by atoms with Crippen LogP contribution in [0.1, 0.15) is 28.3 Å². The lowest BCUT2D eigenvalue weighted by Crippen LogP contribution is -2.32. The Labute approximate surface area is 130 Å². The molecule has 4 nitrogen and oxygen atoms in total. The smallest absolute Gasteiger partial charge is 0.262 e. The lowest BCUT2D eigenvalue weighted by atomic mass is 9.98. The Morgan fingerprint density at radius 1 is 1.24 bits per heavy atom. The molecule has 1 saturated heterocycles. The Kier molecular flexibility index (Phi) is 3.84. The van der Waals surface area contributed by atoms with Crippen molar-refractivity contribution in [2.75, 3.05) is 6.54 Å². The van der Waals surface area contributed by atoms with Gasteiger partial charge in [0.25, 0.3) is 5.91 Å². The van der Waals surface area contributed by atoms with Gasteiger partial charge in [-0.2, -0.15) is 0 Å². The molecule has 5 heteroatoms. The van der Waals surface area contributed by atoms with E-state index >= 15 is 0 Å². The summed E-state index contributed by atoms with van der Waals surface area (Å²) in [7, 11) is 0. The molecule has 1 aliphatic rings. The van der Waals surface area contributed by atoms with E-state index in [9.17, 15) is 9.59 Å². The predicted molar refractivity (Wildman–Crippen MR) is 81.8 cm³/mol. The second-order valence-electron chi connectivity index (χ2n) is 5.01. The lowest BCUT2D eigenvalue weighted by molar-refractivity contribution is -0.125. The molecule has 21 heavy (non-hydrogen) atoms. The molecule has 106 valence electrons. The highest BCUT2D eigenvalue weighted by atomic mass is 79.9. The van der Waals surface area contributed by atoms with E-state index in [0.717, 1.165) is 10.0 Å².